The van der Waals surface area contributed by atoms with Crippen LogP contribution >= 0.6 is 0 Å². The number of nitriles is 1. The van der Waals surface area contributed by atoms with Crippen LogP contribution in [0.5, 0.6) is 0 Å². The lowest BCUT2D eigenvalue weighted by Crippen LogP contribution is -2.57. The molecular weight excluding hydrogens is 418 g/mol. The first-order chi connectivity index (χ1) is 12.7. The molecule has 14 heteroatoms. The molecule has 2 aromatic rings. The van der Waals surface area contributed by atoms with E-state index in [0.717, 1.165) is 16.5 Å². The number of benzene rings is 1. The molecule has 0 unspecified atom stereocenters. The van der Waals surface area contributed by atoms with Gasteiger partial charge in [-0.05, 0) is 24.3 Å². The summed E-state index contributed by atoms with van der Waals surface area (Å²) < 4.78 is 103. The Kier molecular flexibility index (Phi) is 7.02. The van der Waals surface area contributed by atoms with Crippen molar-refractivity contribution in [3.05, 3.63) is 59.9 Å². The molecule has 1 heterocycles. The number of rotatable bonds is 3. The summed E-state index contributed by atoms with van der Waals surface area (Å²) in [6.07, 6.45) is -1.81. The van der Waals surface area contributed by atoms with Gasteiger partial charge in [0.1, 0.15) is 0 Å². The minimum absolute atomic E-state index is 0.273. The largest absolute Gasteiger partial charge is 0.673 e. The Morgan fingerprint density at radius 3 is 1.79 bits per heavy atom. The zero-order chi connectivity index (χ0) is 21.8. The van der Waals surface area contributed by atoms with Gasteiger partial charge >= 0.3 is 23.5 Å². The van der Waals surface area contributed by atoms with E-state index < -0.39 is 29.0 Å². The summed E-state index contributed by atoms with van der Waals surface area (Å²) in [6.45, 7) is 0. The van der Waals surface area contributed by atoms with Crippen LogP contribution in [0.1, 0.15) is 11.1 Å². The Labute approximate surface area is 155 Å². The Hall–Kier alpha value is -2.82. The predicted octanol–water partition coefficient (Wildman–Crippen LogP) is 3.12. The van der Waals surface area contributed by atoms with Crippen LogP contribution in [0.25, 0.3) is 0 Å². The average molecular weight is 429 g/mol. The molecule has 0 radical (unpaired) electrons. The molecule has 1 aromatic carbocycles. The van der Waals surface area contributed by atoms with Crippen LogP contribution in [0.4, 0.5) is 30.4 Å². The maximum atomic E-state index is 12.5. The quantitative estimate of drug-likeness (QED) is 0.428. The highest BCUT2D eigenvalue weighted by Gasteiger charge is 2.32. The van der Waals surface area contributed by atoms with E-state index in [1.165, 1.54) is 36.3 Å². The van der Waals surface area contributed by atoms with Crippen LogP contribution in [0.2, 0.25) is 0 Å². The molecule has 5 nitrogen and oxygen atoms in total. The highest BCUT2D eigenvalue weighted by Crippen LogP contribution is 2.29. The van der Waals surface area contributed by atoms with Gasteiger partial charge in [0.15, 0.2) is 0 Å². The second-order valence-electron chi connectivity index (χ2n) is 5.03. The smallest absolute Gasteiger partial charge is 0.418 e. The lowest BCUT2D eigenvalue weighted by atomic mass is 10.2. The van der Waals surface area contributed by atoms with Crippen LogP contribution < -0.4 is 9.09 Å². The fraction of sp³-hybridized carbons (Fsp3) is 0.143. The number of hydrogen-bond donors (Lipinski definition) is 0. The SMILES string of the molecule is CN([n+]1ccc(C#N)cc1)S(=O)(=O)c1ccc(C(F)(F)F)cc1.F[B-](F)(F)F. The van der Waals surface area contributed by atoms with Crippen molar-refractivity contribution in [3.63, 3.8) is 0 Å². The van der Waals surface area contributed by atoms with Gasteiger partial charge in [-0.15, -0.1) is 0 Å². The molecular formula is C14H11BF7N3O2S. The molecule has 0 amide bonds. The first kappa shape index (κ1) is 23.2. The van der Waals surface area contributed by atoms with Gasteiger partial charge in [-0.1, -0.05) is 9.09 Å². The van der Waals surface area contributed by atoms with Crippen molar-refractivity contribution in [2.45, 2.75) is 11.1 Å². The Bertz CT molecular complexity index is 931. The Morgan fingerprint density at radius 1 is 1.00 bits per heavy atom. The molecule has 0 N–H and O–H groups in total. The molecule has 0 atom stereocenters. The number of sulfonamides is 1. The number of hydrogen-bond acceptors (Lipinski definition) is 3. The standard InChI is InChI=1S/C14H11F3N3O2S.BF4/c1-19(20-8-6-11(10-18)7-9-20)23(21,22)13-4-2-12(3-5-13)14(15,16)17;2-1(3,4)5/h2-9H,1H3;/q+1;-1. The summed E-state index contributed by atoms with van der Waals surface area (Å²) in [6, 6.07) is 7.96. The van der Waals surface area contributed by atoms with E-state index in [9.17, 15) is 38.9 Å². The molecule has 0 saturated heterocycles. The Morgan fingerprint density at radius 2 is 1.43 bits per heavy atom. The van der Waals surface area contributed by atoms with Crippen LogP contribution in [0, 0.1) is 11.3 Å². The van der Waals surface area contributed by atoms with Crippen molar-refractivity contribution in [1.82, 2.24) is 0 Å². The molecule has 0 bridgehead atoms. The minimum atomic E-state index is -6.00. The number of aromatic nitrogens is 1. The van der Waals surface area contributed by atoms with Crippen molar-refractivity contribution < 1.29 is 43.5 Å². The van der Waals surface area contributed by atoms with Gasteiger partial charge in [0.25, 0.3) is 0 Å². The molecule has 0 saturated carbocycles. The summed E-state index contributed by atoms with van der Waals surface area (Å²) in [4.78, 5) is -0.273. The van der Waals surface area contributed by atoms with E-state index in [4.69, 9.17) is 5.26 Å². The predicted molar refractivity (Wildman–Crippen MR) is 84.3 cm³/mol. The summed E-state index contributed by atoms with van der Waals surface area (Å²) in [7, 11) is -8.78. The monoisotopic (exact) mass is 429 g/mol. The van der Waals surface area contributed by atoms with Gasteiger partial charge in [-0.2, -0.15) is 26.9 Å². The lowest BCUT2D eigenvalue weighted by Gasteiger charge is -2.13. The van der Waals surface area contributed by atoms with Crippen LogP contribution in [-0.2, 0) is 16.2 Å². The van der Waals surface area contributed by atoms with Gasteiger partial charge in [-0.25, -0.2) is 0 Å². The molecule has 0 spiro atoms. The maximum absolute atomic E-state index is 12.5. The van der Waals surface area contributed by atoms with Crippen molar-refractivity contribution >= 4 is 17.3 Å². The third-order valence-electron chi connectivity index (χ3n) is 3.10. The lowest BCUT2D eigenvalue weighted by molar-refractivity contribution is -0.673. The van der Waals surface area contributed by atoms with Gasteiger partial charge in [0, 0.05) is 12.1 Å². The average Bonchev–Trinajstić information content (AvgIpc) is 2.59. The second kappa shape index (κ2) is 8.47. The van der Waals surface area contributed by atoms with Gasteiger partial charge < -0.3 is 17.3 Å². The highest BCUT2D eigenvalue weighted by molar-refractivity contribution is 7.92. The fourth-order valence-corrected chi connectivity index (χ4v) is 2.92. The van der Waals surface area contributed by atoms with Crippen LogP contribution in [0.15, 0.2) is 53.7 Å². The first-order valence-corrected chi connectivity index (χ1v) is 8.55. The molecule has 28 heavy (non-hydrogen) atoms. The van der Waals surface area contributed by atoms with Gasteiger partial charge in [-0.3, -0.25) is 0 Å². The van der Waals surface area contributed by atoms with Gasteiger partial charge in [0.2, 0.25) is 12.4 Å². The van der Waals surface area contributed by atoms with E-state index in [-0.39, 0.29) is 4.90 Å². The minimum Gasteiger partial charge on any atom is -0.418 e. The maximum Gasteiger partial charge on any atom is 0.673 e. The van der Waals surface area contributed by atoms with Crippen molar-refractivity contribution in [2.24, 2.45) is 0 Å². The normalized spacial score (nSPS) is 11.8. The number of alkyl halides is 3. The molecule has 0 fully saturated rings. The third-order valence-corrected chi connectivity index (χ3v) is 4.85. The topological polar surface area (TPSA) is 65.1 Å². The zero-order valence-corrected chi connectivity index (χ0v) is 14.7. The molecule has 0 aliphatic carbocycles. The molecule has 2 rings (SSSR count). The third kappa shape index (κ3) is 6.73. The van der Waals surface area contributed by atoms with Crippen molar-refractivity contribution in [1.29, 1.82) is 5.26 Å². The summed E-state index contributed by atoms with van der Waals surface area (Å²) in [5, 5.41) is 8.71. The Balaban J connectivity index is 0.000000696. The number of pyridine rings is 1. The first-order valence-electron chi connectivity index (χ1n) is 7.11. The van der Waals surface area contributed by atoms with E-state index >= 15 is 0 Å². The summed E-state index contributed by atoms with van der Waals surface area (Å²) >= 11 is 0. The second-order valence-corrected chi connectivity index (χ2v) is 6.98. The van der Waals surface area contributed by atoms with Crippen molar-refractivity contribution in [3.8, 4) is 6.07 Å². The van der Waals surface area contributed by atoms with E-state index in [1.807, 2.05) is 6.07 Å². The van der Waals surface area contributed by atoms with Crippen molar-refractivity contribution in [2.75, 3.05) is 11.5 Å². The fourth-order valence-electron chi connectivity index (χ4n) is 1.77. The molecule has 0 aliphatic heterocycles. The van der Waals surface area contributed by atoms with E-state index in [2.05, 4.69) is 0 Å². The van der Waals surface area contributed by atoms with E-state index in [1.54, 1.807) is 0 Å². The molecule has 152 valence electrons. The highest BCUT2D eigenvalue weighted by atomic mass is 32.2. The molecule has 0 aliphatic rings. The van der Waals surface area contributed by atoms with Crippen LogP contribution in [-0.4, -0.2) is 22.7 Å². The number of halogens is 7. The van der Waals surface area contributed by atoms with E-state index in [0.29, 0.717) is 17.7 Å². The van der Waals surface area contributed by atoms with Crippen LogP contribution in [0.3, 0.4) is 0 Å². The summed E-state index contributed by atoms with van der Waals surface area (Å²) in [5.41, 5.74) is -0.577. The van der Waals surface area contributed by atoms with Gasteiger partial charge in [0.05, 0.1) is 29.1 Å². The zero-order valence-electron chi connectivity index (χ0n) is 13.9. The molecule has 1 aromatic heterocycles. The number of nitrogens with zero attached hydrogens (tertiary/aromatic N) is 3. The summed E-state index contributed by atoms with van der Waals surface area (Å²) in [5.74, 6) is 0.